The number of halogens is 3. The summed E-state index contributed by atoms with van der Waals surface area (Å²) < 4.78 is 37.3. The van der Waals surface area contributed by atoms with E-state index in [-0.39, 0.29) is 12.3 Å². The van der Waals surface area contributed by atoms with Crippen molar-refractivity contribution in [3.8, 4) is 0 Å². The molecule has 2 aromatic rings. The number of benzene rings is 1. The van der Waals surface area contributed by atoms with Gasteiger partial charge < -0.3 is 5.32 Å². The van der Waals surface area contributed by atoms with Crippen LogP contribution in [0.5, 0.6) is 0 Å². The normalized spacial score (nSPS) is 12.5. The van der Waals surface area contributed by atoms with Gasteiger partial charge in [0.2, 0.25) is 23.6 Å². The van der Waals surface area contributed by atoms with Gasteiger partial charge >= 0.3 is 6.18 Å². The third kappa shape index (κ3) is 4.80. The molecule has 0 radical (unpaired) electrons. The molecule has 128 valence electrons. The van der Waals surface area contributed by atoms with Gasteiger partial charge in [-0.15, -0.1) is 5.10 Å². The molecule has 0 aliphatic heterocycles. The van der Waals surface area contributed by atoms with Gasteiger partial charge in [0.25, 0.3) is 0 Å². The predicted molar refractivity (Wildman–Crippen MR) is 77.6 cm³/mol. The first-order valence-corrected chi connectivity index (χ1v) is 6.87. The minimum absolute atomic E-state index is 0.181. The van der Waals surface area contributed by atoms with Crippen LogP contribution in [0.4, 0.5) is 19.1 Å². The van der Waals surface area contributed by atoms with Gasteiger partial charge in [-0.3, -0.25) is 20.0 Å². The zero-order valence-electron chi connectivity index (χ0n) is 12.5. The summed E-state index contributed by atoms with van der Waals surface area (Å²) in [6.45, 7) is 1.30. The summed E-state index contributed by atoms with van der Waals surface area (Å²) in [5, 5.41) is 9.76. The molecule has 0 aliphatic carbocycles. The number of nitrogens with one attached hydrogen (secondary N) is 3. The second-order valence-corrected chi connectivity index (χ2v) is 4.92. The number of aromatic nitrogens is 3. The van der Waals surface area contributed by atoms with Crippen LogP contribution in [0.15, 0.2) is 30.3 Å². The van der Waals surface area contributed by atoms with E-state index in [0.717, 1.165) is 0 Å². The molecule has 3 N–H and O–H groups in total. The number of alkyl halides is 3. The molecule has 1 heterocycles. The Bertz CT molecular complexity index is 715. The van der Waals surface area contributed by atoms with Gasteiger partial charge in [-0.25, -0.2) is 0 Å². The molecule has 0 bridgehead atoms. The summed E-state index contributed by atoms with van der Waals surface area (Å²) >= 11 is 0. The lowest BCUT2D eigenvalue weighted by Gasteiger charge is -2.17. The first-order chi connectivity index (χ1) is 11.3. The molecule has 0 spiro atoms. The van der Waals surface area contributed by atoms with Crippen molar-refractivity contribution in [2.24, 2.45) is 0 Å². The largest absolute Gasteiger partial charge is 0.451 e. The fourth-order valence-electron chi connectivity index (χ4n) is 1.99. The quantitative estimate of drug-likeness (QED) is 0.775. The van der Waals surface area contributed by atoms with Gasteiger partial charge in [0, 0.05) is 6.92 Å². The van der Waals surface area contributed by atoms with Crippen LogP contribution in [0, 0.1) is 0 Å². The maximum atomic E-state index is 12.4. The molecule has 0 fully saturated rings. The van der Waals surface area contributed by atoms with E-state index in [1.807, 2.05) is 0 Å². The van der Waals surface area contributed by atoms with Gasteiger partial charge in [-0.05, 0) is 5.56 Å². The highest BCUT2D eigenvalue weighted by Gasteiger charge is 2.35. The molecule has 0 unspecified atom stereocenters. The van der Waals surface area contributed by atoms with Crippen LogP contribution >= 0.6 is 0 Å². The summed E-state index contributed by atoms with van der Waals surface area (Å²) in [6.07, 6.45) is -4.86. The Hall–Kier alpha value is -2.91. The third-order valence-corrected chi connectivity index (χ3v) is 2.97. The summed E-state index contributed by atoms with van der Waals surface area (Å²) in [7, 11) is 0. The van der Waals surface area contributed by atoms with Gasteiger partial charge in [-0.2, -0.15) is 18.2 Å². The van der Waals surface area contributed by atoms with E-state index in [4.69, 9.17) is 0 Å². The maximum absolute atomic E-state index is 12.4. The second-order valence-electron chi connectivity index (χ2n) is 4.92. The number of carbonyl (C=O) groups excluding carboxylic acids is 2. The lowest BCUT2D eigenvalue weighted by atomic mass is 10.0. The van der Waals surface area contributed by atoms with Crippen molar-refractivity contribution in [1.29, 1.82) is 0 Å². The summed E-state index contributed by atoms with van der Waals surface area (Å²) in [5.74, 6) is -2.76. The first-order valence-electron chi connectivity index (χ1n) is 6.87. The van der Waals surface area contributed by atoms with E-state index in [1.165, 1.54) is 6.92 Å². The zero-order valence-corrected chi connectivity index (χ0v) is 12.5. The molecule has 24 heavy (non-hydrogen) atoms. The number of H-pyrrole nitrogens is 1. The van der Waals surface area contributed by atoms with Gasteiger partial charge in [0.05, 0.1) is 12.5 Å². The number of rotatable bonds is 5. The van der Waals surface area contributed by atoms with Crippen LogP contribution in [0.1, 0.15) is 30.8 Å². The molecule has 10 heteroatoms. The highest BCUT2D eigenvalue weighted by atomic mass is 19.4. The van der Waals surface area contributed by atoms with Crippen molar-refractivity contribution in [3.05, 3.63) is 41.7 Å². The standard InChI is InChI=1S/C14H14F3N5O2/c1-8(23)18-10(9-5-3-2-4-6-9)7-11(24)19-13-20-12(21-22-13)14(15,16)17/h2-6,10H,7H2,1H3,(H,18,23)(H2,19,20,21,22,24)/t10-/m0/s1. The Labute approximate surface area is 134 Å². The third-order valence-electron chi connectivity index (χ3n) is 2.97. The van der Waals surface area contributed by atoms with Crippen molar-refractivity contribution >= 4 is 17.8 Å². The minimum atomic E-state index is -4.68. The van der Waals surface area contributed by atoms with Crippen LogP contribution in [0.25, 0.3) is 0 Å². The van der Waals surface area contributed by atoms with Crippen molar-refractivity contribution in [3.63, 3.8) is 0 Å². The molecule has 7 nitrogen and oxygen atoms in total. The Morgan fingerprint density at radius 3 is 2.46 bits per heavy atom. The molecule has 2 rings (SSSR count). The van der Waals surface area contributed by atoms with E-state index in [1.54, 1.807) is 35.4 Å². The smallest absolute Gasteiger partial charge is 0.349 e. The SMILES string of the molecule is CC(=O)N[C@@H](CC(=O)Nc1n[nH]c(C(F)(F)F)n1)c1ccccc1. The lowest BCUT2D eigenvalue weighted by molar-refractivity contribution is -0.144. The lowest BCUT2D eigenvalue weighted by Crippen LogP contribution is -2.29. The summed E-state index contributed by atoms with van der Waals surface area (Å²) in [4.78, 5) is 26.4. The highest BCUT2D eigenvalue weighted by molar-refractivity contribution is 5.89. The fourth-order valence-corrected chi connectivity index (χ4v) is 1.99. The number of amides is 2. The van der Waals surface area contributed by atoms with Crippen LogP contribution < -0.4 is 10.6 Å². The Morgan fingerprint density at radius 1 is 1.25 bits per heavy atom. The number of carbonyl (C=O) groups is 2. The topological polar surface area (TPSA) is 99.8 Å². The van der Waals surface area contributed by atoms with E-state index in [2.05, 4.69) is 20.7 Å². The van der Waals surface area contributed by atoms with Crippen molar-refractivity contribution in [2.45, 2.75) is 25.6 Å². The maximum Gasteiger partial charge on any atom is 0.451 e. The van der Waals surface area contributed by atoms with Gasteiger partial charge in [0.1, 0.15) is 0 Å². The van der Waals surface area contributed by atoms with Crippen LogP contribution in [0.2, 0.25) is 0 Å². The Morgan fingerprint density at radius 2 is 1.92 bits per heavy atom. The van der Waals surface area contributed by atoms with Gasteiger partial charge in [0.15, 0.2) is 0 Å². The molecule has 1 aromatic heterocycles. The van der Waals surface area contributed by atoms with E-state index >= 15 is 0 Å². The molecule has 2 amide bonds. The number of aromatic amines is 1. The fraction of sp³-hybridized carbons (Fsp3) is 0.286. The van der Waals surface area contributed by atoms with Crippen LogP contribution in [-0.4, -0.2) is 27.0 Å². The van der Waals surface area contributed by atoms with Crippen LogP contribution in [-0.2, 0) is 15.8 Å². The molecular formula is C14H14F3N5O2. The monoisotopic (exact) mass is 341 g/mol. The van der Waals surface area contributed by atoms with Crippen molar-refractivity contribution in [2.75, 3.05) is 5.32 Å². The van der Waals surface area contributed by atoms with E-state index < -0.39 is 29.9 Å². The number of anilines is 1. The highest BCUT2D eigenvalue weighted by Crippen LogP contribution is 2.26. The Kier molecular flexibility index (Phi) is 5.17. The number of hydrogen-bond acceptors (Lipinski definition) is 4. The number of nitrogens with zero attached hydrogens (tertiary/aromatic N) is 2. The average Bonchev–Trinajstić information content (AvgIpc) is 2.95. The minimum Gasteiger partial charge on any atom is -0.349 e. The first kappa shape index (κ1) is 17.4. The predicted octanol–water partition coefficient (Wildman–Crippen LogP) is 2.03. The molecule has 0 saturated heterocycles. The van der Waals surface area contributed by atoms with Crippen LogP contribution in [0.3, 0.4) is 0 Å². The molecule has 1 atom stereocenters. The van der Waals surface area contributed by atoms with Gasteiger partial charge in [-0.1, -0.05) is 30.3 Å². The van der Waals surface area contributed by atoms with Crippen molar-refractivity contribution in [1.82, 2.24) is 20.5 Å². The molecule has 1 aromatic carbocycles. The van der Waals surface area contributed by atoms with E-state index in [0.29, 0.717) is 5.56 Å². The number of hydrogen-bond donors (Lipinski definition) is 3. The summed E-state index contributed by atoms with van der Waals surface area (Å²) in [5.41, 5.74) is 0.689. The molecule has 0 aliphatic rings. The summed E-state index contributed by atoms with van der Waals surface area (Å²) in [6, 6.07) is 8.09. The van der Waals surface area contributed by atoms with Crippen molar-refractivity contribution < 1.29 is 22.8 Å². The van der Waals surface area contributed by atoms with E-state index in [9.17, 15) is 22.8 Å². The molecule has 0 saturated carbocycles. The Balaban J connectivity index is 2.05. The zero-order chi connectivity index (χ0) is 17.7. The average molecular weight is 341 g/mol. The second kappa shape index (κ2) is 7.11. The molecular weight excluding hydrogens is 327 g/mol.